The van der Waals surface area contributed by atoms with Crippen LogP contribution in [0.3, 0.4) is 0 Å². The molecule has 9 heteroatoms. The summed E-state index contributed by atoms with van der Waals surface area (Å²) in [6.45, 7) is 2.32. The highest BCUT2D eigenvalue weighted by molar-refractivity contribution is 7.96. The SMILES string of the molecule is COc1ccc(S(=O)(=O)[C@H]2CS(=O)(=O)C[C@@H]2N(C)CCc2ccncc2)cc1C. The van der Waals surface area contributed by atoms with E-state index in [1.54, 1.807) is 38.5 Å². The van der Waals surface area contributed by atoms with Crippen LogP contribution in [0.25, 0.3) is 0 Å². The topological polar surface area (TPSA) is 93.6 Å². The van der Waals surface area contributed by atoms with Crippen LogP contribution in [0.2, 0.25) is 0 Å². The van der Waals surface area contributed by atoms with Crippen molar-refractivity contribution in [1.29, 1.82) is 0 Å². The molecule has 1 aromatic heterocycles. The van der Waals surface area contributed by atoms with Gasteiger partial charge in [-0.15, -0.1) is 0 Å². The van der Waals surface area contributed by atoms with Crippen molar-refractivity contribution in [2.75, 3.05) is 32.2 Å². The minimum absolute atomic E-state index is 0.130. The molecule has 1 saturated heterocycles. The Kier molecular flexibility index (Phi) is 6.30. The first-order valence-corrected chi connectivity index (χ1v) is 12.7. The predicted octanol–water partition coefficient (Wildman–Crippen LogP) is 1.51. The highest BCUT2D eigenvalue weighted by atomic mass is 32.2. The van der Waals surface area contributed by atoms with E-state index >= 15 is 0 Å². The fourth-order valence-electron chi connectivity index (χ4n) is 3.73. The normalized spacial score (nSPS) is 21.4. The summed E-state index contributed by atoms with van der Waals surface area (Å²) in [6.07, 6.45) is 4.09. The molecule has 1 aliphatic rings. The van der Waals surface area contributed by atoms with Crippen molar-refractivity contribution in [2.45, 2.75) is 29.5 Å². The molecule has 0 aliphatic carbocycles. The molecular weight excluding hydrogens is 412 g/mol. The Morgan fingerprint density at radius 2 is 1.86 bits per heavy atom. The molecule has 0 radical (unpaired) electrons. The van der Waals surface area contributed by atoms with Crippen molar-refractivity contribution in [1.82, 2.24) is 9.88 Å². The molecule has 2 heterocycles. The number of pyridine rings is 1. The lowest BCUT2D eigenvalue weighted by atomic mass is 10.1. The number of rotatable bonds is 7. The number of sulfone groups is 2. The van der Waals surface area contributed by atoms with E-state index in [9.17, 15) is 16.8 Å². The van der Waals surface area contributed by atoms with Crippen molar-refractivity contribution in [2.24, 2.45) is 0 Å². The van der Waals surface area contributed by atoms with Crippen LogP contribution in [0.4, 0.5) is 0 Å². The van der Waals surface area contributed by atoms with Crippen LogP contribution in [0.15, 0.2) is 47.6 Å². The maximum Gasteiger partial charge on any atom is 0.183 e. The van der Waals surface area contributed by atoms with Gasteiger partial charge in [-0.25, -0.2) is 16.8 Å². The first kappa shape index (κ1) is 21.7. The van der Waals surface area contributed by atoms with E-state index < -0.39 is 31.0 Å². The highest BCUT2D eigenvalue weighted by Gasteiger charge is 2.47. The van der Waals surface area contributed by atoms with Crippen molar-refractivity contribution in [3.8, 4) is 5.75 Å². The molecule has 158 valence electrons. The van der Waals surface area contributed by atoms with Gasteiger partial charge in [0.1, 0.15) is 5.75 Å². The summed E-state index contributed by atoms with van der Waals surface area (Å²) in [7, 11) is -3.96. The average Bonchev–Trinajstić information content (AvgIpc) is 3.03. The van der Waals surface area contributed by atoms with E-state index in [4.69, 9.17) is 4.74 Å². The van der Waals surface area contributed by atoms with E-state index in [1.165, 1.54) is 13.2 Å². The first-order valence-electron chi connectivity index (χ1n) is 9.32. The van der Waals surface area contributed by atoms with Gasteiger partial charge in [0.2, 0.25) is 0 Å². The molecule has 2 atom stereocenters. The summed E-state index contributed by atoms with van der Waals surface area (Å²) in [5, 5.41) is -0.997. The fraction of sp³-hybridized carbons (Fsp3) is 0.450. The van der Waals surface area contributed by atoms with Gasteiger partial charge in [-0.05, 0) is 61.9 Å². The number of aryl methyl sites for hydroxylation is 1. The van der Waals surface area contributed by atoms with Gasteiger partial charge in [0.25, 0.3) is 0 Å². The minimum Gasteiger partial charge on any atom is -0.496 e. The largest absolute Gasteiger partial charge is 0.496 e. The van der Waals surface area contributed by atoms with Gasteiger partial charge in [-0.3, -0.25) is 4.98 Å². The van der Waals surface area contributed by atoms with Crippen LogP contribution >= 0.6 is 0 Å². The second kappa shape index (κ2) is 8.41. The summed E-state index contributed by atoms with van der Waals surface area (Å²) in [5.41, 5.74) is 1.76. The van der Waals surface area contributed by atoms with Gasteiger partial charge < -0.3 is 9.64 Å². The van der Waals surface area contributed by atoms with Crippen molar-refractivity contribution in [3.05, 3.63) is 53.9 Å². The second-order valence-corrected chi connectivity index (χ2v) is 11.8. The molecule has 2 aromatic rings. The molecule has 29 heavy (non-hydrogen) atoms. The standard InChI is InChI=1S/C20H26N2O5S2/c1-15-12-17(4-5-19(15)27-3)29(25,26)20-14-28(23,24)13-18(20)22(2)11-8-16-6-9-21-10-7-16/h4-7,9-10,12,18,20H,8,11,13-14H2,1-3H3/t18-,20-/m0/s1. The minimum atomic E-state index is -3.82. The third kappa shape index (κ3) is 4.79. The van der Waals surface area contributed by atoms with Crippen LogP contribution in [-0.2, 0) is 26.1 Å². The fourth-order valence-corrected chi connectivity index (χ4v) is 8.72. The summed E-state index contributed by atoms with van der Waals surface area (Å²) >= 11 is 0. The summed E-state index contributed by atoms with van der Waals surface area (Å²) < 4.78 is 56.6. The van der Waals surface area contributed by atoms with Gasteiger partial charge in [-0.2, -0.15) is 0 Å². The van der Waals surface area contributed by atoms with Crippen molar-refractivity contribution >= 4 is 19.7 Å². The Balaban J connectivity index is 1.86. The number of methoxy groups -OCH3 is 1. The zero-order chi connectivity index (χ0) is 21.2. The lowest BCUT2D eigenvalue weighted by Gasteiger charge is -2.28. The van der Waals surface area contributed by atoms with E-state index in [0.717, 1.165) is 5.56 Å². The van der Waals surface area contributed by atoms with Gasteiger partial charge in [0.15, 0.2) is 19.7 Å². The van der Waals surface area contributed by atoms with E-state index in [-0.39, 0.29) is 16.4 Å². The average molecular weight is 439 g/mol. The van der Waals surface area contributed by atoms with Crippen LogP contribution in [-0.4, -0.2) is 70.2 Å². The number of nitrogens with zero attached hydrogens (tertiary/aromatic N) is 2. The molecule has 1 fully saturated rings. The molecule has 0 N–H and O–H groups in total. The quantitative estimate of drug-likeness (QED) is 0.647. The third-order valence-electron chi connectivity index (χ3n) is 5.43. The molecular formula is C20H26N2O5S2. The van der Waals surface area contributed by atoms with E-state index in [1.807, 2.05) is 17.0 Å². The van der Waals surface area contributed by atoms with E-state index in [2.05, 4.69) is 4.98 Å². The Hall–Kier alpha value is -1.97. The molecule has 1 aliphatic heterocycles. The van der Waals surface area contributed by atoms with Crippen LogP contribution in [0.1, 0.15) is 11.1 Å². The monoisotopic (exact) mass is 438 g/mol. The number of hydrogen-bond donors (Lipinski definition) is 0. The third-order valence-corrected chi connectivity index (χ3v) is 9.55. The molecule has 1 aromatic carbocycles. The molecule has 3 rings (SSSR count). The van der Waals surface area contributed by atoms with Crippen molar-refractivity contribution < 1.29 is 21.6 Å². The van der Waals surface area contributed by atoms with E-state index in [0.29, 0.717) is 24.3 Å². The summed E-state index contributed by atoms with van der Waals surface area (Å²) in [4.78, 5) is 5.97. The van der Waals surface area contributed by atoms with Crippen molar-refractivity contribution in [3.63, 3.8) is 0 Å². The maximum atomic E-state index is 13.3. The smallest absolute Gasteiger partial charge is 0.183 e. The number of hydrogen-bond acceptors (Lipinski definition) is 7. The number of benzene rings is 1. The predicted molar refractivity (Wildman–Crippen MR) is 112 cm³/mol. The first-order chi connectivity index (χ1) is 13.6. The van der Waals surface area contributed by atoms with Gasteiger partial charge >= 0.3 is 0 Å². The zero-order valence-electron chi connectivity index (χ0n) is 16.8. The molecule has 7 nitrogen and oxygen atoms in total. The van der Waals surface area contributed by atoms with Crippen LogP contribution < -0.4 is 4.74 Å². The molecule has 0 unspecified atom stereocenters. The zero-order valence-corrected chi connectivity index (χ0v) is 18.4. The molecule has 0 spiro atoms. The van der Waals surface area contributed by atoms with Crippen LogP contribution in [0, 0.1) is 6.92 Å². The molecule has 0 saturated carbocycles. The second-order valence-electron chi connectivity index (χ2n) is 7.45. The Morgan fingerprint density at radius 1 is 1.17 bits per heavy atom. The Bertz CT molecular complexity index is 1070. The summed E-state index contributed by atoms with van der Waals surface area (Å²) in [5.74, 6) is 0.0813. The molecule has 0 bridgehead atoms. The van der Waals surface area contributed by atoms with Gasteiger partial charge in [0, 0.05) is 25.0 Å². The number of aromatic nitrogens is 1. The maximum absolute atomic E-state index is 13.3. The number of ether oxygens (including phenoxy) is 1. The van der Waals surface area contributed by atoms with Gasteiger partial charge in [0.05, 0.1) is 28.8 Å². The Morgan fingerprint density at radius 3 is 2.48 bits per heavy atom. The Labute approximate surface area is 172 Å². The number of likely N-dealkylation sites (N-methyl/N-ethyl adjacent to an activating group) is 1. The molecule has 0 amide bonds. The lowest BCUT2D eigenvalue weighted by Crippen LogP contribution is -2.45. The lowest BCUT2D eigenvalue weighted by molar-refractivity contribution is 0.266. The van der Waals surface area contributed by atoms with Gasteiger partial charge in [-0.1, -0.05) is 0 Å². The summed E-state index contributed by atoms with van der Waals surface area (Å²) in [6, 6.07) is 7.84. The highest BCUT2D eigenvalue weighted by Crippen LogP contribution is 2.31. The van der Waals surface area contributed by atoms with Crippen LogP contribution in [0.5, 0.6) is 5.75 Å².